The molecule has 0 radical (unpaired) electrons. The molecule has 0 spiro atoms. The highest BCUT2D eigenvalue weighted by atomic mass is 16.5. The molecule has 37 heavy (non-hydrogen) atoms. The maximum absolute atomic E-state index is 9.49. The molecule has 0 saturated heterocycles. The van der Waals surface area contributed by atoms with Crippen LogP contribution in [0.4, 0.5) is 0 Å². The summed E-state index contributed by atoms with van der Waals surface area (Å²) < 4.78 is 18.3. The van der Waals surface area contributed by atoms with Crippen LogP contribution in [0.2, 0.25) is 0 Å². The van der Waals surface area contributed by atoms with Crippen molar-refractivity contribution in [2.24, 2.45) is 0 Å². The lowest BCUT2D eigenvalue weighted by atomic mass is 10.1. The van der Waals surface area contributed by atoms with Crippen molar-refractivity contribution < 1.29 is 19.0 Å². The Kier molecular flexibility index (Phi) is 7.67. The Bertz CT molecular complexity index is 1430. The molecule has 0 atom stereocenters. The zero-order chi connectivity index (χ0) is 25.5. The third-order valence-electron chi connectivity index (χ3n) is 6.25. The third kappa shape index (κ3) is 6.11. The zero-order valence-electron chi connectivity index (χ0n) is 20.8. The van der Waals surface area contributed by atoms with Crippen molar-refractivity contribution in [2.75, 3.05) is 13.2 Å². The molecular formula is C31H30N2O4. The number of phenolic OH excluding ortho intramolecular Hbond substituents is 1. The van der Waals surface area contributed by atoms with Gasteiger partial charge in [-0.05, 0) is 79.0 Å². The zero-order valence-corrected chi connectivity index (χ0v) is 20.8. The number of hydrogen-bond donors (Lipinski definition) is 2. The lowest BCUT2D eigenvalue weighted by Gasteiger charge is -2.09. The number of aromatic nitrogens is 1. The van der Waals surface area contributed by atoms with Crippen molar-refractivity contribution >= 4 is 11.0 Å². The number of hydrogen-bond acceptors (Lipinski definition) is 6. The van der Waals surface area contributed by atoms with Crippen LogP contribution in [0.3, 0.4) is 0 Å². The summed E-state index contributed by atoms with van der Waals surface area (Å²) in [5.74, 6) is 2.63. The van der Waals surface area contributed by atoms with E-state index in [-0.39, 0.29) is 5.75 Å². The van der Waals surface area contributed by atoms with Gasteiger partial charge in [0.1, 0.15) is 35.2 Å². The first kappa shape index (κ1) is 24.4. The molecule has 2 heterocycles. The molecule has 0 aliphatic heterocycles. The molecule has 0 amide bonds. The molecule has 5 rings (SSSR count). The van der Waals surface area contributed by atoms with Gasteiger partial charge in [-0.3, -0.25) is 4.98 Å². The highest BCUT2D eigenvalue weighted by molar-refractivity contribution is 5.88. The van der Waals surface area contributed by atoms with Crippen LogP contribution in [0.5, 0.6) is 17.2 Å². The van der Waals surface area contributed by atoms with Crippen molar-refractivity contribution in [3.8, 4) is 28.4 Å². The van der Waals surface area contributed by atoms with Gasteiger partial charge in [-0.25, -0.2) is 0 Å². The Morgan fingerprint density at radius 2 is 1.68 bits per heavy atom. The lowest BCUT2D eigenvalue weighted by Crippen LogP contribution is -2.17. The number of furan rings is 1. The minimum absolute atomic E-state index is 0.257. The normalized spacial score (nSPS) is 11.1. The molecular weight excluding hydrogens is 464 g/mol. The van der Waals surface area contributed by atoms with E-state index in [0.717, 1.165) is 64.4 Å². The molecule has 0 saturated carbocycles. The van der Waals surface area contributed by atoms with E-state index in [0.29, 0.717) is 13.2 Å². The van der Waals surface area contributed by atoms with Crippen molar-refractivity contribution in [3.63, 3.8) is 0 Å². The molecule has 0 aliphatic carbocycles. The van der Waals surface area contributed by atoms with Gasteiger partial charge in [-0.1, -0.05) is 36.4 Å². The second kappa shape index (κ2) is 11.6. The molecule has 2 aromatic heterocycles. The maximum atomic E-state index is 9.49. The number of phenols is 1. The number of benzene rings is 3. The van der Waals surface area contributed by atoms with Crippen LogP contribution in [0.25, 0.3) is 22.1 Å². The quantitative estimate of drug-likeness (QED) is 0.200. The van der Waals surface area contributed by atoms with E-state index in [1.165, 1.54) is 5.56 Å². The van der Waals surface area contributed by atoms with Gasteiger partial charge in [0.15, 0.2) is 0 Å². The Hall–Kier alpha value is -4.29. The predicted molar refractivity (Wildman–Crippen MR) is 145 cm³/mol. The summed E-state index contributed by atoms with van der Waals surface area (Å²) in [4.78, 5) is 4.14. The smallest absolute Gasteiger partial charge is 0.146 e. The number of aromatic hydroxyl groups is 1. The third-order valence-corrected chi connectivity index (χ3v) is 6.25. The summed E-state index contributed by atoms with van der Waals surface area (Å²) in [6.07, 6.45) is 4.55. The monoisotopic (exact) mass is 494 g/mol. The summed E-state index contributed by atoms with van der Waals surface area (Å²) in [6.45, 7) is 4.65. The fourth-order valence-electron chi connectivity index (χ4n) is 4.23. The van der Waals surface area contributed by atoms with Gasteiger partial charge in [-0.15, -0.1) is 0 Å². The van der Waals surface area contributed by atoms with E-state index < -0.39 is 0 Å². The van der Waals surface area contributed by atoms with Gasteiger partial charge in [-0.2, -0.15) is 0 Å². The number of nitrogens with one attached hydrogen (secondary N) is 1. The van der Waals surface area contributed by atoms with Gasteiger partial charge in [0.05, 0.1) is 12.0 Å². The number of ether oxygens (including phenoxy) is 2. The lowest BCUT2D eigenvalue weighted by molar-refractivity contribution is 0.273. The molecule has 5 aromatic rings. The van der Waals surface area contributed by atoms with Crippen molar-refractivity contribution in [2.45, 2.75) is 26.5 Å². The minimum Gasteiger partial charge on any atom is -0.508 e. The summed E-state index contributed by atoms with van der Waals surface area (Å²) in [5.41, 5.74) is 5.09. The van der Waals surface area contributed by atoms with E-state index >= 15 is 0 Å². The standard InChI is InChI=1S/C31H30N2O4/c1-22-30(21-36-27-14-10-25(11-15-27)24-8-12-26(34)13-9-24)37-29-7-2-6-28(31(22)29)35-18-4-17-33-20-23-5-3-16-32-19-23/h2-3,5-16,19,33-34H,4,17-18,20-21H2,1H3. The number of fused-ring (bicyclic) bond motifs is 1. The summed E-state index contributed by atoms with van der Waals surface area (Å²) in [7, 11) is 0. The van der Waals surface area contributed by atoms with Crippen LogP contribution in [0.1, 0.15) is 23.3 Å². The van der Waals surface area contributed by atoms with Gasteiger partial charge >= 0.3 is 0 Å². The summed E-state index contributed by atoms with van der Waals surface area (Å²) in [5, 5.41) is 13.9. The molecule has 6 nitrogen and oxygen atoms in total. The highest BCUT2D eigenvalue weighted by Gasteiger charge is 2.15. The first-order valence-electron chi connectivity index (χ1n) is 12.4. The number of rotatable bonds is 11. The molecule has 188 valence electrons. The van der Waals surface area contributed by atoms with Crippen LogP contribution in [-0.2, 0) is 13.2 Å². The maximum Gasteiger partial charge on any atom is 0.146 e. The van der Waals surface area contributed by atoms with E-state index in [4.69, 9.17) is 13.9 Å². The highest BCUT2D eigenvalue weighted by Crippen LogP contribution is 2.34. The molecule has 0 fully saturated rings. The van der Waals surface area contributed by atoms with Crippen LogP contribution in [0, 0.1) is 6.92 Å². The topological polar surface area (TPSA) is 76.8 Å². The fourth-order valence-corrected chi connectivity index (χ4v) is 4.23. The molecule has 3 aromatic carbocycles. The Balaban J connectivity index is 1.16. The number of aryl methyl sites for hydroxylation is 1. The summed E-state index contributed by atoms with van der Waals surface area (Å²) in [6, 6.07) is 24.9. The van der Waals surface area contributed by atoms with Gasteiger partial charge in [0.25, 0.3) is 0 Å². The van der Waals surface area contributed by atoms with Crippen LogP contribution >= 0.6 is 0 Å². The van der Waals surface area contributed by atoms with Gasteiger partial charge in [0.2, 0.25) is 0 Å². The van der Waals surface area contributed by atoms with Crippen LogP contribution in [0.15, 0.2) is 95.7 Å². The molecule has 0 aliphatic rings. The Morgan fingerprint density at radius 1 is 0.892 bits per heavy atom. The van der Waals surface area contributed by atoms with Crippen LogP contribution in [-0.4, -0.2) is 23.2 Å². The molecule has 0 bridgehead atoms. The van der Waals surface area contributed by atoms with Crippen LogP contribution < -0.4 is 14.8 Å². The van der Waals surface area contributed by atoms with Crippen molar-refractivity contribution in [1.29, 1.82) is 0 Å². The molecule has 2 N–H and O–H groups in total. The predicted octanol–water partition coefficient (Wildman–Crippen LogP) is 6.65. The number of pyridine rings is 1. The van der Waals surface area contributed by atoms with Crippen molar-refractivity contribution in [3.05, 3.63) is 108 Å². The largest absolute Gasteiger partial charge is 0.508 e. The fraction of sp³-hybridized carbons (Fsp3) is 0.194. The SMILES string of the molecule is Cc1c(COc2ccc(-c3ccc(O)cc3)cc2)oc2cccc(OCCCNCc3cccnc3)c12. The summed E-state index contributed by atoms with van der Waals surface area (Å²) >= 11 is 0. The molecule has 0 unspecified atom stereocenters. The van der Waals surface area contributed by atoms with Gasteiger partial charge in [0, 0.05) is 24.5 Å². The van der Waals surface area contributed by atoms with Gasteiger partial charge < -0.3 is 24.3 Å². The second-order valence-corrected chi connectivity index (χ2v) is 8.88. The first-order valence-corrected chi connectivity index (χ1v) is 12.4. The average Bonchev–Trinajstić information content (AvgIpc) is 3.26. The van der Waals surface area contributed by atoms with E-state index in [1.54, 1.807) is 18.3 Å². The number of nitrogens with zero attached hydrogens (tertiary/aromatic N) is 1. The van der Waals surface area contributed by atoms with E-state index in [2.05, 4.69) is 16.4 Å². The Labute approximate surface area is 216 Å². The van der Waals surface area contributed by atoms with E-state index in [1.807, 2.05) is 73.8 Å². The second-order valence-electron chi connectivity index (χ2n) is 8.88. The molecule has 6 heteroatoms. The first-order chi connectivity index (χ1) is 18.2. The average molecular weight is 495 g/mol. The Morgan fingerprint density at radius 3 is 2.43 bits per heavy atom. The van der Waals surface area contributed by atoms with Crippen molar-refractivity contribution in [1.82, 2.24) is 10.3 Å². The van der Waals surface area contributed by atoms with E-state index in [9.17, 15) is 5.11 Å². The minimum atomic E-state index is 0.257.